The van der Waals surface area contributed by atoms with Crippen LogP contribution < -0.4 is 5.73 Å². The van der Waals surface area contributed by atoms with E-state index in [-0.39, 0.29) is 12.0 Å². The number of likely N-dealkylation sites (tertiary alicyclic amines) is 1. The monoisotopic (exact) mass is 284 g/mol. The van der Waals surface area contributed by atoms with Crippen LogP contribution in [0.25, 0.3) is 0 Å². The lowest BCUT2D eigenvalue weighted by atomic mass is 9.80. The Morgan fingerprint density at radius 3 is 2.39 bits per heavy atom. The summed E-state index contributed by atoms with van der Waals surface area (Å²) in [5.74, 6) is 0. The Kier molecular flexibility index (Phi) is 5.36. The first-order valence-electron chi connectivity index (χ1n) is 5.90. The molecule has 1 heterocycles. The summed E-state index contributed by atoms with van der Waals surface area (Å²) in [6.45, 7) is 3.07. The van der Waals surface area contributed by atoms with E-state index in [0.29, 0.717) is 11.5 Å². The fraction of sp³-hybridized carbons (Fsp3) is 0.909. The van der Waals surface area contributed by atoms with Gasteiger partial charge in [-0.2, -0.15) is 13.2 Å². The average Bonchev–Trinajstić information content (AvgIpc) is 2.25. The van der Waals surface area contributed by atoms with Crippen LogP contribution in [-0.4, -0.2) is 48.9 Å². The first-order chi connectivity index (χ1) is 8.23. The van der Waals surface area contributed by atoms with Gasteiger partial charge >= 0.3 is 6.18 Å². The van der Waals surface area contributed by atoms with Crippen molar-refractivity contribution in [3.05, 3.63) is 0 Å². The van der Waals surface area contributed by atoms with Gasteiger partial charge < -0.3 is 15.4 Å². The van der Waals surface area contributed by atoms with Crippen LogP contribution in [0.3, 0.4) is 0 Å². The molecule has 0 unspecified atom stereocenters. The quantitative estimate of drug-likeness (QED) is 0.618. The van der Waals surface area contributed by atoms with Crippen molar-refractivity contribution in [1.82, 2.24) is 4.90 Å². The van der Waals surface area contributed by atoms with Gasteiger partial charge in [0.2, 0.25) is 0 Å². The standard InChI is InChI=1S/C11H19F3N2OS/c1-10(9(15)18)2-4-16(5-3-10)6-7-17-8-11(12,13)14/h2-8H2,1H3,(H2,15,18). The Morgan fingerprint density at radius 2 is 1.94 bits per heavy atom. The van der Waals surface area contributed by atoms with Gasteiger partial charge in [-0.25, -0.2) is 0 Å². The van der Waals surface area contributed by atoms with Gasteiger partial charge in [0, 0.05) is 12.0 Å². The second-order valence-electron chi connectivity index (χ2n) is 4.93. The number of halogens is 3. The van der Waals surface area contributed by atoms with Crippen molar-refractivity contribution in [2.75, 3.05) is 32.8 Å². The summed E-state index contributed by atoms with van der Waals surface area (Å²) in [4.78, 5) is 2.60. The maximum atomic E-state index is 11.8. The SMILES string of the molecule is CC1(C(N)=S)CCN(CCOCC(F)(F)F)CC1. The lowest BCUT2D eigenvalue weighted by Crippen LogP contribution is -2.45. The second-order valence-corrected chi connectivity index (χ2v) is 5.37. The molecule has 2 N–H and O–H groups in total. The van der Waals surface area contributed by atoms with Gasteiger partial charge in [0.15, 0.2) is 0 Å². The molecule has 3 nitrogen and oxygen atoms in total. The third kappa shape index (κ3) is 5.07. The number of piperidine rings is 1. The number of hydrogen-bond acceptors (Lipinski definition) is 3. The highest BCUT2D eigenvalue weighted by Gasteiger charge is 2.32. The molecule has 1 fully saturated rings. The van der Waals surface area contributed by atoms with E-state index in [1.165, 1.54) is 0 Å². The van der Waals surface area contributed by atoms with Crippen molar-refractivity contribution in [2.45, 2.75) is 25.9 Å². The third-order valence-corrected chi connectivity index (χ3v) is 3.86. The summed E-state index contributed by atoms with van der Waals surface area (Å²) in [6.07, 6.45) is -2.55. The van der Waals surface area contributed by atoms with Gasteiger partial charge in [0.05, 0.1) is 11.6 Å². The van der Waals surface area contributed by atoms with Crippen molar-refractivity contribution < 1.29 is 17.9 Å². The molecule has 7 heteroatoms. The number of alkyl halides is 3. The summed E-state index contributed by atoms with van der Waals surface area (Å²) in [5, 5.41) is 0. The van der Waals surface area contributed by atoms with E-state index in [2.05, 4.69) is 9.64 Å². The Labute approximate surface area is 110 Å². The Morgan fingerprint density at radius 1 is 1.39 bits per heavy atom. The Hall–Kier alpha value is -0.400. The maximum Gasteiger partial charge on any atom is 0.411 e. The average molecular weight is 284 g/mol. The number of hydrogen-bond donors (Lipinski definition) is 1. The molecular formula is C11H19F3N2OS. The normalized spacial score (nSPS) is 20.9. The first-order valence-corrected chi connectivity index (χ1v) is 6.30. The van der Waals surface area contributed by atoms with Crippen LogP contribution in [0.15, 0.2) is 0 Å². The zero-order chi connectivity index (χ0) is 13.8. The number of nitrogens with zero attached hydrogens (tertiary/aromatic N) is 1. The number of ether oxygens (including phenoxy) is 1. The second kappa shape index (κ2) is 6.16. The largest absolute Gasteiger partial charge is 0.411 e. The third-order valence-electron chi connectivity index (χ3n) is 3.37. The highest BCUT2D eigenvalue weighted by molar-refractivity contribution is 7.80. The molecule has 0 spiro atoms. The fourth-order valence-electron chi connectivity index (χ4n) is 1.90. The summed E-state index contributed by atoms with van der Waals surface area (Å²) in [7, 11) is 0. The summed E-state index contributed by atoms with van der Waals surface area (Å²) in [5.41, 5.74) is 5.57. The van der Waals surface area contributed by atoms with Crippen molar-refractivity contribution in [2.24, 2.45) is 11.1 Å². The van der Waals surface area contributed by atoms with Crippen molar-refractivity contribution in [1.29, 1.82) is 0 Å². The number of thiocarbonyl (C=S) groups is 1. The van der Waals surface area contributed by atoms with Crippen molar-refractivity contribution >= 4 is 17.2 Å². The van der Waals surface area contributed by atoms with E-state index in [0.717, 1.165) is 25.9 Å². The minimum absolute atomic E-state index is 0.100. The lowest BCUT2D eigenvalue weighted by Gasteiger charge is -2.38. The van der Waals surface area contributed by atoms with Crippen LogP contribution in [-0.2, 0) is 4.74 Å². The molecular weight excluding hydrogens is 265 g/mol. The van der Waals surface area contributed by atoms with Gasteiger partial charge in [-0.15, -0.1) is 0 Å². The number of rotatable bonds is 5. The minimum atomic E-state index is -4.24. The van der Waals surface area contributed by atoms with Crippen LogP contribution in [0.1, 0.15) is 19.8 Å². The van der Waals surface area contributed by atoms with E-state index in [9.17, 15) is 13.2 Å². The van der Waals surface area contributed by atoms with Gasteiger partial charge in [0.25, 0.3) is 0 Å². The van der Waals surface area contributed by atoms with E-state index in [1.807, 2.05) is 6.92 Å². The molecule has 0 bridgehead atoms. The molecule has 0 saturated carbocycles. The Bertz CT molecular complexity index is 289. The molecule has 0 aromatic heterocycles. The van der Waals surface area contributed by atoms with Gasteiger partial charge in [-0.3, -0.25) is 0 Å². The summed E-state index contributed by atoms with van der Waals surface area (Å²) < 4.78 is 40.1. The van der Waals surface area contributed by atoms with Crippen LogP contribution in [0.5, 0.6) is 0 Å². The van der Waals surface area contributed by atoms with Crippen molar-refractivity contribution in [3.8, 4) is 0 Å². The van der Waals surface area contributed by atoms with Crippen molar-refractivity contribution in [3.63, 3.8) is 0 Å². The zero-order valence-electron chi connectivity index (χ0n) is 10.4. The lowest BCUT2D eigenvalue weighted by molar-refractivity contribution is -0.174. The van der Waals surface area contributed by atoms with E-state index < -0.39 is 12.8 Å². The molecule has 0 atom stereocenters. The molecule has 0 aromatic carbocycles. The van der Waals surface area contributed by atoms with Gasteiger partial charge in [-0.05, 0) is 25.9 Å². The molecule has 18 heavy (non-hydrogen) atoms. The zero-order valence-corrected chi connectivity index (χ0v) is 11.2. The molecule has 1 aliphatic rings. The maximum absolute atomic E-state index is 11.8. The van der Waals surface area contributed by atoms with Gasteiger partial charge in [0.1, 0.15) is 6.61 Å². The van der Waals surface area contributed by atoms with E-state index in [1.54, 1.807) is 0 Å². The smallest absolute Gasteiger partial charge is 0.393 e. The highest BCUT2D eigenvalue weighted by Crippen LogP contribution is 2.30. The molecule has 0 aliphatic carbocycles. The van der Waals surface area contributed by atoms with Crippen LogP contribution in [0.2, 0.25) is 0 Å². The number of nitrogens with two attached hydrogens (primary N) is 1. The first kappa shape index (κ1) is 15.7. The highest BCUT2D eigenvalue weighted by atomic mass is 32.1. The minimum Gasteiger partial charge on any atom is -0.393 e. The van der Waals surface area contributed by atoms with Crippen LogP contribution >= 0.6 is 12.2 Å². The summed E-state index contributed by atoms with van der Waals surface area (Å²) >= 11 is 5.02. The molecule has 1 saturated heterocycles. The molecule has 1 rings (SSSR count). The molecule has 0 amide bonds. The molecule has 0 aromatic rings. The molecule has 0 radical (unpaired) electrons. The predicted octanol–water partition coefficient (Wildman–Crippen LogP) is 1.95. The van der Waals surface area contributed by atoms with Crippen LogP contribution in [0.4, 0.5) is 13.2 Å². The van der Waals surface area contributed by atoms with E-state index in [4.69, 9.17) is 18.0 Å². The molecule has 1 aliphatic heterocycles. The summed E-state index contributed by atoms with van der Waals surface area (Å²) in [6, 6.07) is 0. The fourth-order valence-corrected chi connectivity index (χ4v) is 2.10. The molecule has 106 valence electrons. The van der Waals surface area contributed by atoms with Crippen LogP contribution in [0, 0.1) is 5.41 Å². The van der Waals surface area contributed by atoms with Gasteiger partial charge in [-0.1, -0.05) is 19.1 Å². The van der Waals surface area contributed by atoms with E-state index >= 15 is 0 Å². The Balaban J connectivity index is 2.18. The topological polar surface area (TPSA) is 38.5 Å². The predicted molar refractivity (Wildman–Crippen MR) is 67.4 cm³/mol.